The van der Waals surface area contributed by atoms with Crippen molar-refractivity contribution < 1.29 is 0 Å². The summed E-state index contributed by atoms with van der Waals surface area (Å²) in [7, 11) is 0. The van der Waals surface area contributed by atoms with Crippen molar-refractivity contribution in [2.75, 3.05) is 11.5 Å². The van der Waals surface area contributed by atoms with Gasteiger partial charge in [0.15, 0.2) is 0 Å². The maximum absolute atomic E-state index is 2.40. The Morgan fingerprint density at radius 2 is 0.970 bits per heavy atom. The minimum Gasteiger partial charge on any atom is -0.142 e. The molecule has 0 unspecified atom stereocenters. The van der Waals surface area contributed by atoms with E-state index in [9.17, 15) is 0 Å². The average Bonchev–Trinajstić information content (AvgIpc) is 3.58. The summed E-state index contributed by atoms with van der Waals surface area (Å²) in [4.78, 5) is 8.56. The monoisotopic (exact) mass is 536 g/mol. The first-order chi connectivity index (χ1) is 16.3. The van der Waals surface area contributed by atoms with Crippen LogP contribution >= 0.6 is 57.5 Å². The second kappa shape index (κ2) is 16.5. The summed E-state index contributed by atoms with van der Waals surface area (Å²) in [6, 6.07) is 9.43. The van der Waals surface area contributed by atoms with Crippen molar-refractivity contribution >= 4 is 57.5 Å². The summed E-state index contributed by atoms with van der Waals surface area (Å²) < 4.78 is 0. The van der Waals surface area contributed by atoms with Crippen LogP contribution in [0.25, 0.3) is 19.5 Å². The molecule has 5 heteroatoms. The van der Waals surface area contributed by atoms with Gasteiger partial charge in [0.25, 0.3) is 0 Å². The van der Waals surface area contributed by atoms with Gasteiger partial charge in [-0.1, -0.05) is 78.1 Å². The number of rotatable bonds is 18. The van der Waals surface area contributed by atoms with E-state index >= 15 is 0 Å². The van der Waals surface area contributed by atoms with E-state index in [2.05, 4.69) is 48.9 Å². The molecule has 0 bridgehead atoms. The topological polar surface area (TPSA) is 0 Å². The molecule has 182 valence electrons. The van der Waals surface area contributed by atoms with Crippen molar-refractivity contribution in [2.45, 2.75) is 101 Å². The summed E-state index contributed by atoms with van der Waals surface area (Å²) in [6.07, 6.45) is 16.6. The summed E-state index contributed by atoms with van der Waals surface area (Å²) in [5.74, 6) is 2.51. The third kappa shape index (κ3) is 10.1. The third-order valence-electron chi connectivity index (χ3n) is 5.78. The van der Waals surface area contributed by atoms with Gasteiger partial charge >= 0.3 is 0 Å². The van der Waals surface area contributed by atoms with E-state index in [1.54, 1.807) is 0 Å². The van der Waals surface area contributed by atoms with Crippen LogP contribution in [0.5, 0.6) is 0 Å². The SMILES string of the molecule is CCCCCCCCSc1csc(-c2ccc(-c3cc(SCCCCCCCC)cs3)s2)c1. The zero-order chi connectivity index (χ0) is 23.1. The summed E-state index contributed by atoms with van der Waals surface area (Å²) in [6.45, 7) is 4.57. The highest BCUT2D eigenvalue weighted by molar-refractivity contribution is 7.99. The predicted molar refractivity (Wildman–Crippen MR) is 159 cm³/mol. The zero-order valence-corrected chi connectivity index (χ0v) is 24.5. The van der Waals surface area contributed by atoms with Crippen LogP contribution in [0.2, 0.25) is 0 Å². The van der Waals surface area contributed by atoms with E-state index in [1.807, 2.05) is 57.5 Å². The molecule has 3 aromatic rings. The smallest absolute Gasteiger partial charge is 0.0454 e. The normalized spacial score (nSPS) is 11.5. The van der Waals surface area contributed by atoms with E-state index < -0.39 is 0 Å². The van der Waals surface area contributed by atoms with Crippen LogP contribution in [0.3, 0.4) is 0 Å². The lowest BCUT2D eigenvalue weighted by Crippen LogP contribution is -1.81. The van der Waals surface area contributed by atoms with Gasteiger partial charge in [-0.2, -0.15) is 0 Å². The molecule has 0 aliphatic carbocycles. The number of unbranched alkanes of at least 4 members (excludes halogenated alkanes) is 10. The summed E-state index contributed by atoms with van der Waals surface area (Å²) >= 11 is 9.82. The van der Waals surface area contributed by atoms with Crippen molar-refractivity contribution in [3.05, 3.63) is 35.0 Å². The Labute approximate surface area is 223 Å². The van der Waals surface area contributed by atoms with Crippen molar-refractivity contribution in [1.29, 1.82) is 0 Å². The first kappa shape index (κ1) is 27.4. The van der Waals surface area contributed by atoms with Gasteiger partial charge in [-0.05, 0) is 48.6 Å². The highest BCUT2D eigenvalue weighted by Crippen LogP contribution is 2.42. The fraction of sp³-hybridized carbons (Fsp3) is 0.571. The molecule has 0 saturated carbocycles. The molecule has 0 saturated heterocycles. The molecular formula is C28H40S5. The molecule has 0 aromatic carbocycles. The van der Waals surface area contributed by atoms with Crippen molar-refractivity contribution in [1.82, 2.24) is 0 Å². The predicted octanol–water partition coefficient (Wildman–Crippen LogP) is 12.1. The van der Waals surface area contributed by atoms with Crippen LogP contribution in [-0.2, 0) is 0 Å². The minimum atomic E-state index is 1.26. The Hall–Kier alpha value is -0.200. The van der Waals surface area contributed by atoms with Crippen LogP contribution in [0, 0.1) is 0 Å². The second-order valence-corrected chi connectivity index (χ2v) is 13.9. The highest BCUT2D eigenvalue weighted by atomic mass is 32.2. The Kier molecular flexibility index (Phi) is 13.7. The summed E-state index contributed by atoms with van der Waals surface area (Å²) in [5, 5.41) is 4.69. The van der Waals surface area contributed by atoms with E-state index in [-0.39, 0.29) is 0 Å². The molecule has 0 atom stereocenters. The summed E-state index contributed by atoms with van der Waals surface area (Å²) in [5.41, 5.74) is 0. The van der Waals surface area contributed by atoms with Gasteiger partial charge in [-0.3, -0.25) is 0 Å². The maximum Gasteiger partial charge on any atom is 0.0454 e. The first-order valence-electron chi connectivity index (χ1n) is 12.8. The molecule has 0 amide bonds. The molecule has 33 heavy (non-hydrogen) atoms. The van der Waals surface area contributed by atoms with Crippen LogP contribution in [-0.4, -0.2) is 11.5 Å². The lowest BCUT2D eigenvalue weighted by molar-refractivity contribution is 0.627. The number of hydrogen-bond acceptors (Lipinski definition) is 5. The van der Waals surface area contributed by atoms with E-state index in [0.717, 1.165) is 0 Å². The molecule has 0 N–H and O–H groups in total. The van der Waals surface area contributed by atoms with Crippen LogP contribution in [0.15, 0.2) is 44.8 Å². The number of thioether (sulfide) groups is 2. The molecule has 0 radical (unpaired) electrons. The molecule has 0 fully saturated rings. The van der Waals surface area contributed by atoms with Crippen LogP contribution in [0.4, 0.5) is 0 Å². The Bertz CT molecular complexity index is 817. The van der Waals surface area contributed by atoms with Gasteiger partial charge in [-0.15, -0.1) is 57.5 Å². The molecule has 3 aromatic heterocycles. The standard InChI is InChI=1S/C28H40S5/c1-3-5-7-9-11-13-17-29-23-19-27(31-21-23)25-15-16-26(33-25)28-20-24(22-32-28)30-18-14-12-10-8-6-4-2/h15-16,19-22H,3-14,17-18H2,1-2H3. The molecule has 0 aliphatic rings. The van der Waals surface area contributed by atoms with Gasteiger partial charge in [0, 0.05) is 40.1 Å². The maximum atomic E-state index is 2.40. The van der Waals surface area contributed by atoms with E-state index in [4.69, 9.17) is 0 Å². The first-order valence-corrected chi connectivity index (χ1v) is 17.4. The van der Waals surface area contributed by atoms with Gasteiger partial charge in [0.1, 0.15) is 0 Å². The number of hydrogen-bond donors (Lipinski definition) is 0. The fourth-order valence-corrected chi connectivity index (χ4v) is 9.10. The Balaban J connectivity index is 1.40. The largest absolute Gasteiger partial charge is 0.142 e. The lowest BCUT2D eigenvalue weighted by Gasteiger charge is -2.00. The van der Waals surface area contributed by atoms with Gasteiger partial charge in [0.05, 0.1) is 0 Å². The quantitative estimate of drug-likeness (QED) is 0.117. The molecule has 3 rings (SSSR count). The van der Waals surface area contributed by atoms with E-state index in [0.29, 0.717) is 0 Å². The molecule has 3 heterocycles. The fourth-order valence-electron chi connectivity index (χ4n) is 3.79. The van der Waals surface area contributed by atoms with Crippen LogP contribution < -0.4 is 0 Å². The van der Waals surface area contributed by atoms with Gasteiger partial charge in [-0.25, -0.2) is 0 Å². The molecule has 0 spiro atoms. The Morgan fingerprint density at radius 1 is 0.545 bits per heavy atom. The highest BCUT2D eigenvalue weighted by Gasteiger charge is 2.10. The third-order valence-corrected chi connectivity index (χ3v) is 11.5. The van der Waals surface area contributed by atoms with Crippen LogP contribution in [0.1, 0.15) is 90.9 Å². The van der Waals surface area contributed by atoms with Crippen molar-refractivity contribution in [3.63, 3.8) is 0 Å². The van der Waals surface area contributed by atoms with Gasteiger partial charge < -0.3 is 0 Å². The molecule has 0 nitrogen and oxygen atoms in total. The molecule has 0 aliphatic heterocycles. The minimum absolute atomic E-state index is 1.26. The average molecular weight is 537 g/mol. The molecular weight excluding hydrogens is 497 g/mol. The van der Waals surface area contributed by atoms with Crippen molar-refractivity contribution in [2.24, 2.45) is 0 Å². The second-order valence-electron chi connectivity index (χ2n) is 8.69. The van der Waals surface area contributed by atoms with Gasteiger partial charge in [0.2, 0.25) is 0 Å². The zero-order valence-electron chi connectivity index (χ0n) is 20.4. The van der Waals surface area contributed by atoms with Crippen molar-refractivity contribution in [3.8, 4) is 19.5 Å². The Morgan fingerprint density at radius 3 is 1.42 bits per heavy atom. The number of thiophene rings is 3. The van der Waals surface area contributed by atoms with E-state index in [1.165, 1.54) is 118 Å². The lowest BCUT2D eigenvalue weighted by atomic mass is 10.1.